The highest BCUT2D eigenvalue weighted by Crippen LogP contribution is 2.25. The summed E-state index contributed by atoms with van der Waals surface area (Å²) in [6.45, 7) is -0.147. The normalized spacial score (nSPS) is 10.2. The maximum atomic E-state index is 13.2. The van der Waals surface area contributed by atoms with Gasteiger partial charge in [-0.3, -0.25) is 9.59 Å². The molecule has 1 heterocycles. The van der Waals surface area contributed by atoms with Crippen LogP contribution in [0.4, 0.5) is 4.39 Å². The van der Waals surface area contributed by atoms with Crippen LogP contribution < -0.4 is 5.32 Å². The van der Waals surface area contributed by atoms with Crippen LogP contribution in [0.2, 0.25) is 0 Å². The number of nitrogens with one attached hydrogen (secondary N) is 1. The van der Waals surface area contributed by atoms with Crippen LogP contribution >= 0.6 is 22.6 Å². The highest BCUT2D eigenvalue weighted by molar-refractivity contribution is 14.1. The van der Waals surface area contributed by atoms with Crippen LogP contribution in [0.3, 0.4) is 0 Å². The number of benzene rings is 1. The van der Waals surface area contributed by atoms with E-state index >= 15 is 0 Å². The minimum absolute atomic E-state index is 0.147. The third-order valence-corrected chi connectivity index (χ3v) is 3.01. The zero-order valence-electron chi connectivity index (χ0n) is 10.6. The summed E-state index contributed by atoms with van der Waals surface area (Å²) >= 11 is 1.55. The molecule has 0 saturated heterocycles. The van der Waals surface area contributed by atoms with Gasteiger partial charge in [-0.2, -0.15) is 0 Å². The first-order valence-corrected chi connectivity index (χ1v) is 6.96. The van der Waals surface area contributed by atoms with Crippen molar-refractivity contribution in [1.82, 2.24) is 10.3 Å². The van der Waals surface area contributed by atoms with Crippen LogP contribution in [0.25, 0.3) is 11.1 Å². The molecule has 0 radical (unpaired) electrons. The second-order valence-electron chi connectivity index (χ2n) is 4.14. The van der Waals surface area contributed by atoms with Gasteiger partial charge in [0.2, 0.25) is 3.79 Å². The highest BCUT2D eigenvalue weighted by atomic mass is 127. The first-order chi connectivity index (χ1) is 9.97. The van der Waals surface area contributed by atoms with Crippen LogP contribution in [0.5, 0.6) is 5.75 Å². The van der Waals surface area contributed by atoms with E-state index in [0.717, 1.165) is 0 Å². The van der Waals surface area contributed by atoms with Crippen molar-refractivity contribution < 1.29 is 19.1 Å². The van der Waals surface area contributed by atoms with Crippen LogP contribution in [0.1, 0.15) is 10.5 Å². The Kier molecular flexibility index (Phi) is 4.84. The van der Waals surface area contributed by atoms with Crippen molar-refractivity contribution in [3.05, 3.63) is 48.0 Å². The summed E-state index contributed by atoms with van der Waals surface area (Å²) in [5.74, 6) is -1.40. The molecule has 0 atom stereocenters. The number of hydrogen-bond acceptors (Lipinski definition) is 4. The number of aromatic nitrogens is 1. The average Bonchev–Trinajstić information content (AvgIpc) is 2.44. The summed E-state index contributed by atoms with van der Waals surface area (Å²) < 4.78 is 12.9. The maximum Gasteiger partial charge on any atom is 0.274 e. The van der Waals surface area contributed by atoms with Crippen molar-refractivity contribution in [2.75, 3.05) is 6.54 Å². The number of carbonyl (C=O) groups is 2. The van der Waals surface area contributed by atoms with Gasteiger partial charge in [0.15, 0.2) is 5.69 Å². The number of pyridine rings is 1. The molecule has 0 aliphatic heterocycles. The molecule has 2 N–H and O–H groups in total. The quantitative estimate of drug-likeness (QED) is 0.610. The van der Waals surface area contributed by atoms with Gasteiger partial charge in [0, 0.05) is 34.4 Å². The van der Waals surface area contributed by atoms with Crippen molar-refractivity contribution in [2.24, 2.45) is 0 Å². The molecule has 2 rings (SSSR count). The molecule has 1 aromatic carbocycles. The lowest BCUT2D eigenvalue weighted by atomic mass is 10.1. The molecular weight excluding hydrogens is 390 g/mol. The Labute approximate surface area is 133 Å². The highest BCUT2D eigenvalue weighted by Gasteiger charge is 2.14. The minimum atomic E-state index is -0.650. The lowest BCUT2D eigenvalue weighted by Gasteiger charge is -2.07. The SMILES string of the molecule is O=C(I)CNC(=O)c1ncc(-c2cccc(F)c2)cc1O. The Morgan fingerprint density at radius 1 is 1.29 bits per heavy atom. The summed E-state index contributed by atoms with van der Waals surface area (Å²) in [7, 11) is 0. The minimum Gasteiger partial charge on any atom is -0.505 e. The van der Waals surface area contributed by atoms with E-state index < -0.39 is 11.7 Å². The van der Waals surface area contributed by atoms with Crippen LogP contribution in [-0.2, 0) is 4.79 Å². The molecule has 2 aromatic rings. The second kappa shape index (κ2) is 6.61. The van der Waals surface area contributed by atoms with Crippen LogP contribution in [0, 0.1) is 5.82 Å². The second-order valence-corrected chi connectivity index (χ2v) is 5.34. The van der Waals surface area contributed by atoms with Gasteiger partial charge in [-0.15, -0.1) is 0 Å². The van der Waals surface area contributed by atoms with Gasteiger partial charge in [-0.25, -0.2) is 9.37 Å². The number of halogens is 2. The van der Waals surface area contributed by atoms with E-state index in [4.69, 9.17) is 0 Å². The van der Waals surface area contributed by atoms with Crippen molar-refractivity contribution in [1.29, 1.82) is 0 Å². The third kappa shape index (κ3) is 3.97. The molecule has 5 nitrogen and oxygen atoms in total. The Hall–Kier alpha value is -2.03. The summed E-state index contributed by atoms with van der Waals surface area (Å²) in [6, 6.07) is 7.12. The summed E-state index contributed by atoms with van der Waals surface area (Å²) in [5.41, 5.74) is 0.827. The number of nitrogens with zero attached hydrogens (tertiary/aromatic N) is 1. The summed E-state index contributed by atoms with van der Waals surface area (Å²) in [5, 5.41) is 12.2. The molecular formula is C14H10FIN2O3. The molecule has 0 unspecified atom stereocenters. The lowest BCUT2D eigenvalue weighted by molar-refractivity contribution is -0.108. The number of carbonyl (C=O) groups excluding carboxylic acids is 2. The number of hydrogen-bond donors (Lipinski definition) is 2. The molecule has 1 aromatic heterocycles. The molecule has 0 aliphatic rings. The molecule has 1 amide bonds. The maximum absolute atomic E-state index is 13.2. The Morgan fingerprint density at radius 3 is 2.67 bits per heavy atom. The van der Waals surface area contributed by atoms with Gasteiger partial charge in [0.1, 0.15) is 11.6 Å². The number of rotatable bonds is 4. The molecule has 21 heavy (non-hydrogen) atoms. The molecule has 0 fully saturated rings. The molecule has 0 bridgehead atoms. The fourth-order valence-electron chi connectivity index (χ4n) is 1.69. The monoisotopic (exact) mass is 400 g/mol. The summed E-state index contributed by atoms with van der Waals surface area (Å²) in [6.07, 6.45) is 1.36. The van der Waals surface area contributed by atoms with E-state index in [1.54, 1.807) is 28.7 Å². The Morgan fingerprint density at radius 2 is 2.05 bits per heavy atom. The van der Waals surface area contributed by atoms with Gasteiger partial charge in [0.05, 0.1) is 6.54 Å². The van der Waals surface area contributed by atoms with Gasteiger partial charge >= 0.3 is 0 Å². The van der Waals surface area contributed by atoms with E-state index in [2.05, 4.69) is 10.3 Å². The third-order valence-electron chi connectivity index (χ3n) is 2.63. The lowest BCUT2D eigenvalue weighted by Crippen LogP contribution is -2.28. The molecule has 7 heteroatoms. The van der Waals surface area contributed by atoms with Crippen molar-refractivity contribution in [3.8, 4) is 16.9 Å². The predicted molar refractivity (Wildman–Crippen MR) is 82.7 cm³/mol. The number of amides is 1. The molecule has 108 valence electrons. The van der Waals surface area contributed by atoms with Crippen LogP contribution in [0.15, 0.2) is 36.5 Å². The molecule has 0 spiro atoms. The van der Waals surface area contributed by atoms with Crippen molar-refractivity contribution in [3.63, 3.8) is 0 Å². The van der Waals surface area contributed by atoms with E-state index in [-0.39, 0.29) is 21.8 Å². The molecule has 0 aliphatic carbocycles. The first-order valence-electron chi connectivity index (χ1n) is 5.89. The topological polar surface area (TPSA) is 79.3 Å². The van der Waals surface area contributed by atoms with Gasteiger partial charge in [-0.1, -0.05) is 12.1 Å². The zero-order valence-corrected chi connectivity index (χ0v) is 12.8. The fraction of sp³-hybridized carbons (Fsp3) is 0.0714. The van der Waals surface area contributed by atoms with E-state index in [9.17, 15) is 19.1 Å². The standard InChI is InChI=1S/C14H10FIN2O3/c15-10-3-1-2-8(4-10)9-5-11(19)13(17-6-9)14(21)18-7-12(16)20/h1-6,19H,7H2,(H,18,21). The average molecular weight is 400 g/mol. The Balaban J connectivity index is 2.25. The van der Waals surface area contributed by atoms with Gasteiger partial charge in [0.25, 0.3) is 5.91 Å². The fourth-order valence-corrected chi connectivity index (χ4v) is 1.88. The van der Waals surface area contributed by atoms with Crippen molar-refractivity contribution in [2.45, 2.75) is 0 Å². The van der Waals surface area contributed by atoms with E-state index in [0.29, 0.717) is 11.1 Å². The van der Waals surface area contributed by atoms with Gasteiger partial charge in [-0.05, 0) is 23.8 Å². The van der Waals surface area contributed by atoms with Crippen LogP contribution in [-0.4, -0.2) is 26.3 Å². The van der Waals surface area contributed by atoms with E-state index in [1.165, 1.54) is 30.5 Å². The smallest absolute Gasteiger partial charge is 0.274 e. The van der Waals surface area contributed by atoms with E-state index in [1.807, 2.05) is 0 Å². The molecule has 0 saturated carbocycles. The largest absolute Gasteiger partial charge is 0.505 e. The Bertz CT molecular complexity index is 706. The number of aromatic hydroxyl groups is 1. The van der Waals surface area contributed by atoms with Gasteiger partial charge < -0.3 is 10.4 Å². The first kappa shape index (κ1) is 15.4. The zero-order chi connectivity index (χ0) is 15.4. The summed E-state index contributed by atoms with van der Waals surface area (Å²) in [4.78, 5) is 26.4. The van der Waals surface area contributed by atoms with Crippen molar-refractivity contribution >= 4 is 32.3 Å². The predicted octanol–water partition coefficient (Wildman–Crippen LogP) is 2.28.